The second kappa shape index (κ2) is 10.4. The molecule has 0 bridgehead atoms. The summed E-state index contributed by atoms with van der Waals surface area (Å²) in [5.41, 5.74) is 1.45. The Hall–Kier alpha value is -3.48. The molecule has 0 N–H and O–H groups in total. The molecule has 3 aromatic carbocycles. The standard InChI is InChI=1S/C27H21Cl2NO5/c1-16(25(32)18-7-9-20(28)10-8-18)35-27(34)19-13-24(31)30(15-19)23-12-11-21(29)14-22(23)26(33)17-5-3-2-4-6-17/h2-12,14,16,19H,13,15H2,1H3/t16-,19+/m0/s1. The highest BCUT2D eigenvalue weighted by Crippen LogP contribution is 2.32. The minimum Gasteiger partial charge on any atom is -0.454 e. The summed E-state index contributed by atoms with van der Waals surface area (Å²) in [5, 5.41) is 0.841. The number of hydrogen-bond acceptors (Lipinski definition) is 5. The van der Waals surface area contributed by atoms with E-state index in [0.717, 1.165) is 0 Å². The highest BCUT2D eigenvalue weighted by Gasteiger charge is 2.38. The third-order valence-corrected chi connectivity index (χ3v) is 6.27. The molecule has 0 spiro atoms. The summed E-state index contributed by atoms with van der Waals surface area (Å²) >= 11 is 12.0. The normalized spacial score (nSPS) is 16.1. The first-order valence-corrected chi connectivity index (χ1v) is 11.7. The molecular weight excluding hydrogens is 489 g/mol. The van der Waals surface area contributed by atoms with E-state index in [1.165, 1.54) is 17.9 Å². The lowest BCUT2D eigenvalue weighted by atomic mass is 10.0. The van der Waals surface area contributed by atoms with Crippen LogP contribution in [0, 0.1) is 5.92 Å². The molecule has 1 amide bonds. The summed E-state index contributed by atoms with van der Waals surface area (Å²) < 4.78 is 5.39. The lowest BCUT2D eigenvalue weighted by molar-refractivity contribution is -0.151. The van der Waals surface area contributed by atoms with E-state index in [-0.39, 0.29) is 36.0 Å². The van der Waals surface area contributed by atoms with Crippen LogP contribution in [0.1, 0.15) is 39.6 Å². The maximum Gasteiger partial charge on any atom is 0.312 e. The molecule has 6 nitrogen and oxygen atoms in total. The minimum atomic E-state index is -1.03. The molecule has 0 aromatic heterocycles. The zero-order valence-corrected chi connectivity index (χ0v) is 20.3. The van der Waals surface area contributed by atoms with Crippen LogP contribution in [0.15, 0.2) is 72.8 Å². The first-order chi connectivity index (χ1) is 16.7. The Morgan fingerprint density at radius 3 is 2.26 bits per heavy atom. The summed E-state index contributed by atoms with van der Waals surface area (Å²) in [6, 6.07) is 19.6. The third-order valence-electron chi connectivity index (χ3n) is 5.78. The van der Waals surface area contributed by atoms with Gasteiger partial charge in [-0.05, 0) is 49.4 Å². The van der Waals surface area contributed by atoms with Gasteiger partial charge in [-0.1, -0.05) is 53.5 Å². The van der Waals surface area contributed by atoms with Gasteiger partial charge >= 0.3 is 5.97 Å². The van der Waals surface area contributed by atoms with E-state index < -0.39 is 18.0 Å². The van der Waals surface area contributed by atoms with Gasteiger partial charge < -0.3 is 9.64 Å². The number of esters is 1. The van der Waals surface area contributed by atoms with Gasteiger partial charge in [-0.2, -0.15) is 0 Å². The van der Waals surface area contributed by atoms with E-state index in [9.17, 15) is 19.2 Å². The Bertz CT molecular complexity index is 1290. The van der Waals surface area contributed by atoms with Gasteiger partial charge in [0.2, 0.25) is 11.7 Å². The van der Waals surface area contributed by atoms with E-state index in [4.69, 9.17) is 27.9 Å². The third kappa shape index (κ3) is 5.45. The number of carbonyl (C=O) groups excluding carboxylic acids is 4. The quantitative estimate of drug-likeness (QED) is 0.315. The topological polar surface area (TPSA) is 80.8 Å². The lowest BCUT2D eigenvalue weighted by Gasteiger charge is -2.20. The fraction of sp³-hybridized carbons (Fsp3) is 0.185. The van der Waals surface area contributed by atoms with Crippen molar-refractivity contribution in [3.8, 4) is 0 Å². The number of ether oxygens (including phenoxy) is 1. The molecule has 1 fully saturated rings. The molecular formula is C27H21Cl2NO5. The van der Waals surface area contributed by atoms with Crippen LogP contribution in [-0.2, 0) is 14.3 Å². The molecule has 8 heteroatoms. The van der Waals surface area contributed by atoms with Crippen molar-refractivity contribution in [1.82, 2.24) is 0 Å². The first kappa shape index (κ1) is 24.6. The maximum atomic E-state index is 13.1. The van der Waals surface area contributed by atoms with Crippen LogP contribution in [0.4, 0.5) is 5.69 Å². The minimum absolute atomic E-state index is 0.0240. The van der Waals surface area contributed by atoms with Crippen molar-refractivity contribution in [2.24, 2.45) is 5.92 Å². The number of rotatable bonds is 7. The molecule has 0 radical (unpaired) electrons. The number of carbonyl (C=O) groups is 4. The van der Waals surface area contributed by atoms with Crippen molar-refractivity contribution in [3.05, 3.63) is 99.5 Å². The van der Waals surface area contributed by atoms with Gasteiger partial charge in [0.1, 0.15) is 0 Å². The predicted molar refractivity (Wildman–Crippen MR) is 133 cm³/mol. The van der Waals surface area contributed by atoms with Gasteiger partial charge in [0.15, 0.2) is 11.9 Å². The second-order valence-electron chi connectivity index (χ2n) is 8.21. The van der Waals surface area contributed by atoms with Gasteiger partial charge in [0.05, 0.1) is 11.6 Å². The van der Waals surface area contributed by atoms with E-state index in [1.54, 1.807) is 66.7 Å². The van der Waals surface area contributed by atoms with Crippen molar-refractivity contribution >= 4 is 52.3 Å². The monoisotopic (exact) mass is 509 g/mol. The fourth-order valence-electron chi connectivity index (χ4n) is 3.94. The zero-order valence-electron chi connectivity index (χ0n) is 18.7. The number of halogens is 2. The smallest absolute Gasteiger partial charge is 0.312 e. The predicted octanol–water partition coefficient (Wildman–Crippen LogP) is 5.39. The van der Waals surface area contributed by atoms with E-state index >= 15 is 0 Å². The number of hydrogen-bond donors (Lipinski definition) is 0. The molecule has 0 unspecified atom stereocenters. The van der Waals surface area contributed by atoms with Gasteiger partial charge in [-0.25, -0.2) is 0 Å². The Morgan fingerprint density at radius 2 is 1.57 bits per heavy atom. The van der Waals surface area contributed by atoms with E-state index in [1.807, 2.05) is 0 Å². The number of anilines is 1. The van der Waals surface area contributed by atoms with Crippen molar-refractivity contribution < 1.29 is 23.9 Å². The lowest BCUT2D eigenvalue weighted by Crippen LogP contribution is -2.31. The largest absolute Gasteiger partial charge is 0.454 e. The van der Waals surface area contributed by atoms with Crippen LogP contribution in [-0.4, -0.2) is 36.1 Å². The molecule has 1 aliphatic rings. The van der Waals surface area contributed by atoms with Crippen LogP contribution < -0.4 is 4.90 Å². The van der Waals surface area contributed by atoms with E-state index in [0.29, 0.717) is 26.9 Å². The van der Waals surface area contributed by atoms with Gasteiger partial charge in [-0.3, -0.25) is 19.2 Å². The highest BCUT2D eigenvalue weighted by molar-refractivity contribution is 6.31. The van der Waals surface area contributed by atoms with E-state index in [2.05, 4.69) is 0 Å². The summed E-state index contributed by atoms with van der Waals surface area (Å²) in [5.74, 6) is -2.42. The number of amides is 1. The van der Waals surface area contributed by atoms with Crippen molar-refractivity contribution in [3.63, 3.8) is 0 Å². The average Bonchev–Trinajstić information content (AvgIpc) is 3.25. The van der Waals surface area contributed by atoms with Gasteiger partial charge in [0.25, 0.3) is 0 Å². The Morgan fingerprint density at radius 1 is 0.914 bits per heavy atom. The van der Waals surface area contributed by atoms with Crippen LogP contribution in [0.5, 0.6) is 0 Å². The SMILES string of the molecule is C[C@H](OC(=O)[C@@H]1CC(=O)N(c2ccc(Cl)cc2C(=O)c2ccccc2)C1)C(=O)c1ccc(Cl)cc1. The van der Waals surface area contributed by atoms with Crippen molar-refractivity contribution in [2.45, 2.75) is 19.4 Å². The number of ketones is 2. The van der Waals surface area contributed by atoms with Crippen LogP contribution in [0.3, 0.4) is 0 Å². The fourth-order valence-corrected chi connectivity index (χ4v) is 4.24. The molecule has 1 saturated heterocycles. The van der Waals surface area contributed by atoms with Crippen LogP contribution in [0.25, 0.3) is 0 Å². The molecule has 4 rings (SSSR count). The van der Waals surface area contributed by atoms with Gasteiger partial charge in [0, 0.05) is 39.7 Å². The van der Waals surface area contributed by atoms with Crippen LogP contribution in [0.2, 0.25) is 10.0 Å². The summed E-state index contributed by atoms with van der Waals surface area (Å²) in [4.78, 5) is 52.8. The molecule has 1 heterocycles. The van der Waals surface area contributed by atoms with Gasteiger partial charge in [-0.15, -0.1) is 0 Å². The highest BCUT2D eigenvalue weighted by atomic mass is 35.5. The number of benzene rings is 3. The van der Waals surface area contributed by atoms with Crippen molar-refractivity contribution in [1.29, 1.82) is 0 Å². The Labute approximate surface area is 212 Å². The second-order valence-corrected chi connectivity index (χ2v) is 9.09. The molecule has 35 heavy (non-hydrogen) atoms. The molecule has 2 atom stereocenters. The zero-order chi connectivity index (χ0) is 25.1. The molecule has 178 valence electrons. The molecule has 0 aliphatic carbocycles. The average molecular weight is 510 g/mol. The number of Topliss-reactive ketones (excluding diaryl/α,β-unsaturated/α-hetero) is 1. The van der Waals surface area contributed by atoms with Crippen LogP contribution >= 0.6 is 23.2 Å². The summed E-state index contributed by atoms with van der Waals surface area (Å²) in [7, 11) is 0. The molecule has 0 saturated carbocycles. The Kier molecular flexibility index (Phi) is 7.34. The summed E-state index contributed by atoms with van der Waals surface area (Å²) in [6.07, 6.45) is -1.12. The first-order valence-electron chi connectivity index (χ1n) is 10.9. The molecule has 3 aromatic rings. The Balaban J connectivity index is 1.50. The van der Waals surface area contributed by atoms with Crippen molar-refractivity contribution in [2.75, 3.05) is 11.4 Å². The molecule has 1 aliphatic heterocycles. The summed E-state index contributed by atoms with van der Waals surface area (Å²) in [6.45, 7) is 1.51. The number of nitrogens with zero attached hydrogens (tertiary/aromatic N) is 1. The maximum absolute atomic E-state index is 13.1.